The Morgan fingerprint density at radius 2 is 1.82 bits per heavy atom. The summed E-state index contributed by atoms with van der Waals surface area (Å²) < 4.78 is 34.3. The number of primary amides is 1. The van der Waals surface area contributed by atoms with Crippen LogP contribution in [0.5, 0.6) is 0 Å². The van der Waals surface area contributed by atoms with Crippen LogP contribution in [0.1, 0.15) is 40.0 Å². The smallest absolute Gasteiger partial charge is 0.244 e. The maximum Gasteiger partial charge on any atom is 0.244 e. The molecule has 1 amide bonds. The molecule has 0 spiro atoms. The molecule has 1 aromatic rings. The molecule has 0 aromatic heterocycles. The van der Waals surface area contributed by atoms with Gasteiger partial charge in [-0.1, -0.05) is 32.4 Å². The molecule has 0 aliphatic carbocycles. The van der Waals surface area contributed by atoms with Gasteiger partial charge in [-0.3, -0.25) is 4.79 Å². The Morgan fingerprint density at radius 3 is 2.32 bits per heavy atom. The number of nitrogens with two attached hydrogens (primary N) is 1. The van der Waals surface area contributed by atoms with E-state index in [1.54, 1.807) is 0 Å². The van der Waals surface area contributed by atoms with Gasteiger partial charge < -0.3 is 10.2 Å². The minimum absolute atomic E-state index is 0.00460. The Balaban J connectivity index is 2.38. The number of sulfonamides is 1. The summed E-state index contributed by atoms with van der Waals surface area (Å²) in [6.07, 6.45) is 1.77. The van der Waals surface area contributed by atoms with E-state index < -0.39 is 36.3 Å². The predicted octanol–water partition coefficient (Wildman–Crippen LogP) is 3.76. The summed E-state index contributed by atoms with van der Waals surface area (Å²) in [6.45, 7) is 10.9. The van der Waals surface area contributed by atoms with E-state index in [4.69, 9.17) is 21.8 Å². The van der Waals surface area contributed by atoms with Crippen molar-refractivity contribution in [1.29, 1.82) is 0 Å². The molecule has 9 heteroatoms. The van der Waals surface area contributed by atoms with Crippen LogP contribution in [0.15, 0.2) is 29.2 Å². The van der Waals surface area contributed by atoms with E-state index >= 15 is 0 Å². The lowest BCUT2D eigenvalue weighted by atomic mass is 9.98. The lowest BCUT2D eigenvalue weighted by Crippen LogP contribution is -2.57. The Hall–Kier alpha value is -0.933. The second kappa shape index (κ2) is 8.43. The van der Waals surface area contributed by atoms with Gasteiger partial charge >= 0.3 is 0 Å². The first-order valence-electron chi connectivity index (χ1n) is 9.50. The van der Waals surface area contributed by atoms with Crippen LogP contribution in [0.4, 0.5) is 0 Å². The Kier molecular flexibility index (Phi) is 7.03. The summed E-state index contributed by atoms with van der Waals surface area (Å²) in [5, 5.41) is 0.451. The lowest BCUT2D eigenvalue weighted by molar-refractivity contribution is -0.123. The minimum atomic E-state index is -3.92. The third kappa shape index (κ3) is 4.97. The molecular formula is C19H31ClN2O4SSi. The highest BCUT2D eigenvalue weighted by molar-refractivity contribution is 7.89. The van der Waals surface area contributed by atoms with Gasteiger partial charge in [0.1, 0.15) is 6.04 Å². The van der Waals surface area contributed by atoms with Crippen LogP contribution >= 0.6 is 11.6 Å². The van der Waals surface area contributed by atoms with Gasteiger partial charge in [0.15, 0.2) is 8.32 Å². The van der Waals surface area contributed by atoms with Crippen molar-refractivity contribution in [3.63, 3.8) is 0 Å². The van der Waals surface area contributed by atoms with Gasteiger partial charge in [-0.15, -0.1) is 0 Å². The topological polar surface area (TPSA) is 89.7 Å². The molecule has 2 N–H and O–H groups in total. The molecule has 0 saturated carbocycles. The molecule has 2 unspecified atom stereocenters. The number of amides is 1. The molecule has 2 atom stereocenters. The van der Waals surface area contributed by atoms with Crippen LogP contribution in [0.3, 0.4) is 0 Å². The SMILES string of the molecule is CC(C)(C)[Si](C)(C)OCC1CCCC(C(N)=O)N1S(=O)(=O)c1ccc(Cl)cc1. The zero-order valence-electron chi connectivity index (χ0n) is 17.2. The largest absolute Gasteiger partial charge is 0.415 e. The highest BCUT2D eigenvalue weighted by atomic mass is 35.5. The summed E-state index contributed by atoms with van der Waals surface area (Å²) in [5.41, 5.74) is 5.57. The summed E-state index contributed by atoms with van der Waals surface area (Å²) in [7, 11) is -5.98. The molecule has 1 saturated heterocycles. The number of carbonyl (C=O) groups excluding carboxylic acids is 1. The molecule has 1 aromatic carbocycles. The lowest BCUT2D eigenvalue weighted by Gasteiger charge is -2.42. The Labute approximate surface area is 174 Å². The number of halogens is 1. The molecule has 1 fully saturated rings. The van der Waals surface area contributed by atoms with Crippen LogP contribution < -0.4 is 5.73 Å². The quantitative estimate of drug-likeness (QED) is 0.673. The maximum absolute atomic E-state index is 13.4. The highest BCUT2D eigenvalue weighted by Gasteiger charge is 2.44. The fourth-order valence-corrected chi connectivity index (χ4v) is 6.09. The molecule has 158 valence electrons. The molecule has 0 bridgehead atoms. The van der Waals surface area contributed by atoms with Crippen molar-refractivity contribution in [3.05, 3.63) is 29.3 Å². The summed E-state index contributed by atoms with van der Waals surface area (Å²) in [4.78, 5) is 12.2. The normalized spacial score (nSPS) is 22.2. The summed E-state index contributed by atoms with van der Waals surface area (Å²) in [6, 6.07) is 4.66. The van der Waals surface area contributed by atoms with Gasteiger partial charge in [0.2, 0.25) is 15.9 Å². The van der Waals surface area contributed by atoms with Crippen LogP contribution in [0, 0.1) is 0 Å². The van der Waals surface area contributed by atoms with Crippen molar-refractivity contribution in [2.45, 2.75) is 75.1 Å². The van der Waals surface area contributed by atoms with Gasteiger partial charge in [0.25, 0.3) is 0 Å². The number of rotatable bonds is 6. The number of nitrogens with zero attached hydrogens (tertiary/aromatic N) is 1. The van der Waals surface area contributed by atoms with Crippen LogP contribution in [0.2, 0.25) is 23.2 Å². The molecule has 2 rings (SSSR count). The van der Waals surface area contributed by atoms with Gasteiger partial charge in [0.05, 0.1) is 11.5 Å². The van der Waals surface area contributed by atoms with Crippen molar-refractivity contribution in [3.8, 4) is 0 Å². The highest BCUT2D eigenvalue weighted by Crippen LogP contribution is 2.38. The standard InChI is InChI=1S/C19H31ClN2O4SSi/c1-19(2,3)28(4,5)26-13-15-7-6-8-17(18(21)23)22(15)27(24,25)16-11-9-14(20)10-12-16/h9-12,15,17H,6-8,13H2,1-5H3,(H2,21,23). The molecule has 1 aliphatic rings. The first kappa shape index (κ1) is 23.3. The average molecular weight is 447 g/mol. The average Bonchev–Trinajstić information content (AvgIpc) is 2.59. The number of benzene rings is 1. The number of carbonyl (C=O) groups is 1. The molecule has 6 nitrogen and oxygen atoms in total. The van der Waals surface area contributed by atoms with Crippen molar-refractivity contribution in [2.75, 3.05) is 6.61 Å². The third-order valence-corrected chi connectivity index (χ3v) is 12.6. The molecule has 1 heterocycles. The number of hydrogen-bond acceptors (Lipinski definition) is 4. The van der Waals surface area contributed by atoms with E-state index in [2.05, 4.69) is 33.9 Å². The van der Waals surface area contributed by atoms with E-state index in [-0.39, 0.29) is 16.5 Å². The van der Waals surface area contributed by atoms with E-state index in [0.29, 0.717) is 17.9 Å². The van der Waals surface area contributed by atoms with E-state index in [1.165, 1.54) is 28.6 Å². The predicted molar refractivity (Wildman–Crippen MR) is 114 cm³/mol. The van der Waals surface area contributed by atoms with Gasteiger partial charge in [-0.2, -0.15) is 4.31 Å². The first-order chi connectivity index (χ1) is 12.8. The number of piperidine rings is 1. The zero-order chi connectivity index (χ0) is 21.3. The van der Waals surface area contributed by atoms with Crippen molar-refractivity contribution < 1.29 is 17.6 Å². The maximum atomic E-state index is 13.4. The Bertz CT molecular complexity index is 806. The minimum Gasteiger partial charge on any atom is -0.415 e. The number of hydrogen-bond donors (Lipinski definition) is 1. The molecule has 0 radical (unpaired) electrons. The van der Waals surface area contributed by atoms with Crippen LogP contribution in [0.25, 0.3) is 0 Å². The van der Waals surface area contributed by atoms with Gasteiger partial charge in [0, 0.05) is 11.1 Å². The fourth-order valence-electron chi connectivity index (χ4n) is 3.09. The summed E-state index contributed by atoms with van der Waals surface area (Å²) >= 11 is 5.90. The monoisotopic (exact) mass is 446 g/mol. The van der Waals surface area contributed by atoms with Crippen molar-refractivity contribution in [1.82, 2.24) is 4.31 Å². The molecule has 1 aliphatic heterocycles. The fraction of sp³-hybridized carbons (Fsp3) is 0.632. The zero-order valence-corrected chi connectivity index (χ0v) is 19.8. The molecule has 28 heavy (non-hydrogen) atoms. The van der Waals surface area contributed by atoms with Crippen LogP contribution in [-0.2, 0) is 19.2 Å². The second-order valence-corrected chi connectivity index (χ2v) is 16.0. The van der Waals surface area contributed by atoms with Gasteiger partial charge in [-0.25, -0.2) is 8.42 Å². The molecular weight excluding hydrogens is 416 g/mol. The van der Waals surface area contributed by atoms with Gasteiger partial charge in [-0.05, 0) is 61.7 Å². The van der Waals surface area contributed by atoms with E-state index in [0.717, 1.165) is 6.42 Å². The summed E-state index contributed by atoms with van der Waals surface area (Å²) in [5.74, 6) is -0.630. The Morgan fingerprint density at radius 1 is 1.25 bits per heavy atom. The van der Waals surface area contributed by atoms with E-state index in [1.807, 2.05) is 0 Å². The van der Waals surface area contributed by atoms with Crippen molar-refractivity contribution >= 4 is 35.8 Å². The first-order valence-corrected chi connectivity index (χ1v) is 14.2. The van der Waals surface area contributed by atoms with Crippen molar-refractivity contribution in [2.24, 2.45) is 5.73 Å². The third-order valence-electron chi connectivity index (χ3n) is 5.84. The van der Waals surface area contributed by atoms with E-state index in [9.17, 15) is 13.2 Å². The van der Waals surface area contributed by atoms with Crippen LogP contribution in [-0.4, -0.2) is 45.6 Å². The second-order valence-electron chi connectivity index (χ2n) is 8.86.